The van der Waals surface area contributed by atoms with Gasteiger partial charge in [0.1, 0.15) is 0 Å². The van der Waals surface area contributed by atoms with Crippen LogP contribution in [0.3, 0.4) is 0 Å². The molecule has 1 fully saturated rings. The molecule has 2 N–H and O–H groups in total. The van der Waals surface area contributed by atoms with Crippen LogP contribution in [-0.2, 0) is 4.79 Å². The summed E-state index contributed by atoms with van der Waals surface area (Å²) in [6.07, 6.45) is 1.09. The fourth-order valence-corrected chi connectivity index (χ4v) is 3.24. The van der Waals surface area contributed by atoms with Gasteiger partial charge < -0.3 is 4.90 Å². The molecule has 1 heterocycles. The Labute approximate surface area is 168 Å². The molecule has 0 aliphatic carbocycles. The number of amides is 3. The van der Waals surface area contributed by atoms with Gasteiger partial charge in [0.25, 0.3) is 11.8 Å². The summed E-state index contributed by atoms with van der Waals surface area (Å²) in [5.41, 5.74) is 7.06. The molecule has 6 nitrogen and oxygen atoms in total. The van der Waals surface area contributed by atoms with Crippen molar-refractivity contribution in [2.45, 2.75) is 19.8 Å². The van der Waals surface area contributed by atoms with E-state index in [-0.39, 0.29) is 23.6 Å². The first-order valence-corrected chi connectivity index (χ1v) is 9.53. The molecule has 28 heavy (non-hydrogen) atoms. The predicted octanol–water partition coefficient (Wildman–Crippen LogP) is 2.96. The van der Waals surface area contributed by atoms with Crippen LogP contribution in [0.4, 0.5) is 0 Å². The van der Waals surface area contributed by atoms with E-state index in [4.69, 9.17) is 11.6 Å². The molecule has 0 spiro atoms. The van der Waals surface area contributed by atoms with Crippen molar-refractivity contribution in [1.29, 1.82) is 0 Å². The molecule has 146 valence electrons. The highest BCUT2D eigenvalue weighted by Gasteiger charge is 2.28. The molecular formula is C21H22ClN3O3. The number of aryl methyl sites for hydroxylation is 1. The molecule has 0 bridgehead atoms. The minimum Gasteiger partial charge on any atom is -0.339 e. The van der Waals surface area contributed by atoms with Crippen LogP contribution in [0.5, 0.6) is 0 Å². The summed E-state index contributed by atoms with van der Waals surface area (Å²) < 4.78 is 0. The lowest BCUT2D eigenvalue weighted by Gasteiger charge is -2.31. The Kier molecular flexibility index (Phi) is 6.31. The second-order valence-electron chi connectivity index (χ2n) is 6.88. The maximum atomic E-state index is 12.5. The number of halogens is 1. The fourth-order valence-electron chi connectivity index (χ4n) is 3.12. The molecule has 1 aliphatic rings. The lowest BCUT2D eigenvalue weighted by Crippen LogP contribution is -2.48. The molecule has 1 aliphatic heterocycles. The lowest BCUT2D eigenvalue weighted by molar-refractivity contribution is -0.127. The second-order valence-corrected chi connectivity index (χ2v) is 7.32. The Balaban J connectivity index is 1.47. The smallest absolute Gasteiger partial charge is 0.269 e. The van der Waals surface area contributed by atoms with Crippen molar-refractivity contribution in [3.63, 3.8) is 0 Å². The van der Waals surface area contributed by atoms with Crippen LogP contribution in [0.2, 0.25) is 5.02 Å². The quantitative estimate of drug-likeness (QED) is 0.779. The zero-order chi connectivity index (χ0) is 20.1. The summed E-state index contributed by atoms with van der Waals surface area (Å²) >= 11 is 5.85. The number of carbonyl (C=O) groups is 3. The highest BCUT2D eigenvalue weighted by Crippen LogP contribution is 2.20. The van der Waals surface area contributed by atoms with E-state index in [1.807, 2.05) is 19.1 Å². The van der Waals surface area contributed by atoms with Crippen molar-refractivity contribution in [2.24, 2.45) is 5.92 Å². The summed E-state index contributed by atoms with van der Waals surface area (Å²) in [7, 11) is 0. The Morgan fingerprint density at radius 2 is 1.46 bits per heavy atom. The number of hydrogen-bond acceptors (Lipinski definition) is 3. The zero-order valence-corrected chi connectivity index (χ0v) is 16.3. The topological polar surface area (TPSA) is 78.5 Å². The number of benzene rings is 2. The van der Waals surface area contributed by atoms with Gasteiger partial charge in [-0.05, 0) is 56.2 Å². The van der Waals surface area contributed by atoms with Crippen LogP contribution >= 0.6 is 11.6 Å². The standard InChI is InChI=1S/C21H22ClN3O3/c1-14-2-4-15(5-3-14)19(26)23-24-20(27)16-10-12-25(13-11-16)21(28)17-6-8-18(22)9-7-17/h2-9,16H,10-13H2,1H3,(H,23,26)(H,24,27). The van der Waals surface area contributed by atoms with Crippen LogP contribution < -0.4 is 10.9 Å². The molecule has 0 saturated carbocycles. The molecule has 3 amide bonds. The molecule has 0 unspecified atom stereocenters. The highest BCUT2D eigenvalue weighted by atomic mass is 35.5. The number of hydrogen-bond donors (Lipinski definition) is 2. The summed E-state index contributed by atoms with van der Waals surface area (Å²) in [6.45, 7) is 2.92. The third-order valence-electron chi connectivity index (χ3n) is 4.86. The lowest BCUT2D eigenvalue weighted by atomic mass is 9.95. The van der Waals surface area contributed by atoms with E-state index in [0.717, 1.165) is 5.56 Å². The molecule has 7 heteroatoms. The van der Waals surface area contributed by atoms with Gasteiger partial charge in [-0.1, -0.05) is 29.3 Å². The largest absolute Gasteiger partial charge is 0.339 e. The second kappa shape index (κ2) is 8.89. The first-order valence-electron chi connectivity index (χ1n) is 9.16. The zero-order valence-electron chi connectivity index (χ0n) is 15.6. The van der Waals surface area contributed by atoms with E-state index >= 15 is 0 Å². The number of nitrogens with one attached hydrogen (secondary N) is 2. The Hall–Kier alpha value is -2.86. The van der Waals surface area contributed by atoms with Crippen molar-refractivity contribution in [1.82, 2.24) is 15.8 Å². The van der Waals surface area contributed by atoms with E-state index in [1.54, 1.807) is 41.3 Å². The molecular weight excluding hydrogens is 378 g/mol. The predicted molar refractivity (Wildman–Crippen MR) is 107 cm³/mol. The van der Waals surface area contributed by atoms with Crippen molar-refractivity contribution in [3.05, 3.63) is 70.2 Å². The monoisotopic (exact) mass is 399 g/mol. The summed E-state index contributed by atoms with van der Waals surface area (Å²) in [5, 5.41) is 0.583. The van der Waals surface area contributed by atoms with E-state index in [0.29, 0.717) is 42.1 Å². The Morgan fingerprint density at radius 1 is 0.893 bits per heavy atom. The van der Waals surface area contributed by atoms with E-state index in [9.17, 15) is 14.4 Å². The van der Waals surface area contributed by atoms with Gasteiger partial charge in [0.2, 0.25) is 5.91 Å². The van der Waals surface area contributed by atoms with E-state index in [2.05, 4.69) is 10.9 Å². The van der Waals surface area contributed by atoms with Gasteiger partial charge in [-0.15, -0.1) is 0 Å². The molecule has 0 radical (unpaired) electrons. The Morgan fingerprint density at radius 3 is 2.07 bits per heavy atom. The number of carbonyl (C=O) groups excluding carboxylic acids is 3. The number of rotatable bonds is 3. The normalized spacial score (nSPS) is 14.4. The third-order valence-corrected chi connectivity index (χ3v) is 5.11. The van der Waals surface area contributed by atoms with Gasteiger partial charge in [0, 0.05) is 35.2 Å². The highest BCUT2D eigenvalue weighted by molar-refractivity contribution is 6.30. The van der Waals surface area contributed by atoms with Gasteiger partial charge in [-0.2, -0.15) is 0 Å². The third kappa shape index (κ3) is 4.89. The molecule has 0 atom stereocenters. The average molecular weight is 400 g/mol. The summed E-state index contributed by atoms with van der Waals surface area (Å²) in [4.78, 5) is 38.6. The number of likely N-dealkylation sites (tertiary alicyclic amines) is 1. The van der Waals surface area contributed by atoms with Gasteiger partial charge in [-0.25, -0.2) is 0 Å². The van der Waals surface area contributed by atoms with E-state index < -0.39 is 0 Å². The minimum atomic E-state index is -0.358. The van der Waals surface area contributed by atoms with Crippen LogP contribution in [0.1, 0.15) is 39.1 Å². The fraction of sp³-hybridized carbons (Fsp3) is 0.286. The molecule has 2 aromatic rings. The number of piperidine rings is 1. The van der Waals surface area contributed by atoms with Crippen LogP contribution in [0, 0.1) is 12.8 Å². The number of nitrogens with zero attached hydrogens (tertiary/aromatic N) is 1. The molecule has 0 aromatic heterocycles. The maximum Gasteiger partial charge on any atom is 0.269 e. The summed E-state index contributed by atoms with van der Waals surface area (Å²) in [5.74, 6) is -0.904. The molecule has 3 rings (SSSR count). The van der Waals surface area contributed by atoms with Crippen LogP contribution in [0.15, 0.2) is 48.5 Å². The van der Waals surface area contributed by atoms with Crippen molar-refractivity contribution < 1.29 is 14.4 Å². The Bertz CT molecular complexity index is 857. The van der Waals surface area contributed by atoms with Crippen molar-refractivity contribution >= 4 is 29.3 Å². The first kappa shape index (κ1) is 19.9. The summed E-state index contributed by atoms with van der Waals surface area (Å²) in [6, 6.07) is 13.9. The SMILES string of the molecule is Cc1ccc(C(=O)NNC(=O)C2CCN(C(=O)c3ccc(Cl)cc3)CC2)cc1. The van der Waals surface area contributed by atoms with Gasteiger partial charge in [0.15, 0.2) is 0 Å². The van der Waals surface area contributed by atoms with Crippen LogP contribution in [-0.4, -0.2) is 35.7 Å². The van der Waals surface area contributed by atoms with Crippen molar-refractivity contribution in [3.8, 4) is 0 Å². The van der Waals surface area contributed by atoms with E-state index in [1.165, 1.54) is 0 Å². The minimum absolute atomic E-state index is 0.0665. The van der Waals surface area contributed by atoms with Crippen molar-refractivity contribution in [2.75, 3.05) is 13.1 Å². The molecule has 2 aromatic carbocycles. The van der Waals surface area contributed by atoms with Gasteiger partial charge in [0.05, 0.1) is 0 Å². The van der Waals surface area contributed by atoms with Crippen LogP contribution in [0.25, 0.3) is 0 Å². The van der Waals surface area contributed by atoms with Gasteiger partial charge >= 0.3 is 0 Å². The molecule has 1 saturated heterocycles. The average Bonchev–Trinajstić information content (AvgIpc) is 2.72. The number of hydrazine groups is 1. The first-order chi connectivity index (χ1) is 13.4. The maximum absolute atomic E-state index is 12.5. The van der Waals surface area contributed by atoms with Gasteiger partial charge in [-0.3, -0.25) is 25.2 Å².